The number of alkyl halides is 3. The first-order valence-electron chi connectivity index (χ1n) is 6.47. The average Bonchev–Trinajstić information content (AvgIpc) is 2.70. The van der Waals surface area contributed by atoms with Crippen molar-refractivity contribution < 1.29 is 13.2 Å². The summed E-state index contributed by atoms with van der Waals surface area (Å²) in [7, 11) is 0. The maximum Gasteiger partial charge on any atom is 0.419 e. The fourth-order valence-electron chi connectivity index (χ4n) is 1.76. The molecule has 0 aliphatic carbocycles. The van der Waals surface area contributed by atoms with Crippen LogP contribution in [0.5, 0.6) is 0 Å². The Balaban J connectivity index is 2.76. The summed E-state index contributed by atoms with van der Waals surface area (Å²) in [6, 6.07) is 0.0773. The van der Waals surface area contributed by atoms with Gasteiger partial charge in [-0.3, -0.25) is 4.68 Å². The molecular formula is C13H22F3N3. The molecule has 0 bridgehead atoms. The van der Waals surface area contributed by atoms with Gasteiger partial charge in [-0.15, -0.1) is 0 Å². The molecule has 3 nitrogen and oxygen atoms in total. The molecule has 110 valence electrons. The molecule has 0 aliphatic rings. The summed E-state index contributed by atoms with van der Waals surface area (Å²) in [5.74, 6) is 0. The summed E-state index contributed by atoms with van der Waals surface area (Å²) in [5.41, 5.74) is -0.741. The summed E-state index contributed by atoms with van der Waals surface area (Å²) in [4.78, 5) is 0. The summed E-state index contributed by atoms with van der Waals surface area (Å²) in [6.07, 6.45) is -1.41. The Kier molecular flexibility index (Phi) is 5.01. The summed E-state index contributed by atoms with van der Waals surface area (Å²) >= 11 is 0. The second-order valence-electron chi connectivity index (χ2n) is 5.82. The minimum atomic E-state index is -4.33. The van der Waals surface area contributed by atoms with Crippen molar-refractivity contribution in [1.29, 1.82) is 0 Å². The Morgan fingerprint density at radius 2 is 1.95 bits per heavy atom. The average molecular weight is 277 g/mol. The first-order chi connectivity index (χ1) is 8.64. The molecule has 1 unspecified atom stereocenters. The van der Waals surface area contributed by atoms with Gasteiger partial charge in [-0.1, -0.05) is 27.7 Å². The Morgan fingerprint density at radius 3 is 2.37 bits per heavy atom. The molecule has 0 saturated heterocycles. The molecule has 0 spiro atoms. The van der Waals surface area contributed by atoms with E-state index in [4.69, 9.17) is 0 Å². The van der Waals surface area contributed by atoms with Crippen molar-refractivity contribution in [3.8, 4) is 0 Å². The van der Waals surface area contributed by atoms with Crippen molar-refractivity contribution in [1.82, 2.24) is 15.1 Å². The SMILES string of the molecule is CCCNC(Cn1cc(C(F)(F)F)cn1)C(C)(C)C. The molecule has 0 amide bonds. The van der Waals surface area contributed by atoms with Crippen molar-refractivity contribution >= 4 is 0 Å². The fourth-order valence-corrected chi connectivity index (χ4v) is 1.76. The molecule has 1 aromatic heterocycles. The molecule has 1 N–H and O–H groups in total. The van der Waals surface area contributed by atoms with Crippen molar-refractivity contribution in [3.05, 3.63) is 18.0 Å². The largest absolute Gasteiger partial charge is 0.419 e. The lowest BCUT2D eigenvalue weighted by Crippen LogP contribution is -2.43. The Bertz CT molecular complexity index is 391. The van der Waals surface area contributed by atoms with E-state index >= 15 is 0 Å². The third-order valence-electron chi connectivity index (χ3n) is 3.02. The van der Waals surface area contributed by atoms with Gasteiger partial charge in [0.15, 0.2) is 0 Å². The van der Waals surface area contributed by atoms with Gasteiger partial charge in [-0.05, 0) is 18.4 Å². The zero-order chi connectivity index (χ0) is 14.7. The highest BCUT2D eigenvalue weighted by Gasteiger charge is 2.33. The van der Waals surface area contributed by atoms with Crippen molar-refractivity contribution in [3.63, 3.8) is 0 Å². The fraction of sp³-hybridized carbons (Fsp3) is 0.769. The van der Waals surface area contributed by atoms with Crippen LogP contribution >= 0.6 is 0 Å². The smallest absolute Gasteiger partial charge is 0.312 e. The van der Waals surface area contributed by atoms with Crippen LogP contribution in [0.2, 0.25) is 0 Å². The van der Waals surface area contributed by atoms with Gasteiger partial charge in [0.2, 0.25) is 0 Å². The van der Waals surface area contributed by atoms with Gasteiger partial charge >= 0.3 is 6.18 Å². The highest BCUT2D eigenvalue weighted by atomic mass is 19.4. The van der Waals surface area contributed by atoms with Crippen LogP contribution in [-0.4, -0.2) is 22.4 Å². The normalized spacial score (nSPS) is 14.7. The molecular weight excluding hydrogens is 255 g/mol. The van der Waals surface area contributed by atoms with E-state index in [1.165, 1.54) is 4.68 Å². The third kappa shape index (κ3) is 4.86. The number of rotatable bonds is 5. The number of nitrogens with zero attached hydrogens (tertiary/aromatic N) is 2. The van der Waals surface area contributed by atoms with E-state index in [0.29, 0.717) is 6.54 Å². The van der Waals surface area contributed by atoms with Crippen molar-refractivity contribution in [2.45, 2.75) is 52.9 Å². The predicted molar refractivity (Wildman–Crippen MR) is 68.8 cm³/mol. The Hall–Kier alpha value is -1.04. The first-order valence-corrected chi connectivity index (χ1v) is 6.47. The third-order valence-corrected chi connectivity index (χ3v) is 3.02. The second-order valence-corrected chi connectivity index (χ2v) is 5.82. The van der Waals surface area contributed by atoms with Gasteiger partial charge < -0.3 is 5.32 Å². The van der Waals surface area contributed by atoms with Crippen LogP contribution < -0.4 is 5.32 Å². The number of hydrogen-bond donors (Lipinski definition) is 1. The van der Waals surface area contributed by atoms with Gasteiger partial charge in [0.05, 0.1) is 18.3 Å². The van der Waals surface area contributed by atoms with E-state index < -0.39 is 11.7 Å². The molecule has 1 rings (SSSR count). The van der Waals surface area contributed by atoms with Gasteiger partial charge in [0, 0.05) is 12.2 Å². The number of hydrogen-bond acceptors (Lipinski definition) is 2. The van der Waals surface area contributed by atoms with Gasteiger partial charge in [-0.2, -0.15) is 18.3 Å². The van der Waals surface area contributed by atoms with Crippen LogP contribution in [0, 0.1) is 5.41 Å². The summed E-state index contributed by atoms with van der Waals surface area (Å²) in [5, 5.41) is 7.16. The Labute approximate surface area is 112 Å². The molecule has 0 saturated carbocycles. The lowest BCUT2D eigenvalue weighted by molar-refractivity contribution is -0.137. The minimum absolute atomic E-state index is 0.0421. The van der Waals surface area contributed by atoms with E-state index in [1.807, 2.05) is 0 Å². The maximum atomic E-state index is 12.5. The molecule has 6 heteroatoms. The molecule has 0 fully saturated rings. The van der Waals surface area contributed by atoms with Crippen molar-refractivity contribution in [2.24, 2.45) is 5.41 Å². The topological polar surface area (TPSA) is 29.9 Å². The van der Waals surface area contributed by atoms with E-state index in [1.54, 1.807) is 0 Å². The molecule has 0 aromatic carbocycles. The van der Waals surface area contributed by atoms with Gasteiger partial charge in [0.1, 0.15) is 0 Å². The highest BCUT2D eigenvalue weighted by Crippen LogP contribution is 2.29. The van der Waals surface area contributed by atoms with Crippen LogP contribution in [0.1, 0.15) is 39.7 Å². The molecule has 1 heterocycles. The van der Waals surface area contributed by atoms with E-state index in [0.717, 1.165) is 25.4 Å². The molecule has 0 radical (unpaired) electrons. The summed E-state index contributed by atoms with van der Waals surface area (Å²) in [6.45, 7) is 9.52. The van der Waals surface area contributed by atoms with E-state index in [-0.39, 0.29) is 11.5 Å². The van der Waals surface area contributed by atoms with Gasteiger partial charge in [-0.25, -0.2) is 0 Å². The zero-order valence-corrected chi connectivity index (χ0v) is 11.9. The molecule has 1 aromatic rings. The molecule has 1 atom stereocenters. The van der Waals surface area contributed by atoms with E-state index in [2.05, 4.69) is 38.1 Å². The lowest BCUT2D eigenvalue weighted by atomic mass is 9.86. The molecule has 19 heavy (non-hydrogen) atoms. The number of aromatic nitrogens is 2. The van der Waals surface area contributed by atoms with Gasteiger partial charge in [0.25, 0.3) is 0 Å². The first kappa shape index (κ1) is 16.0. The van der Waals surface area contributed by atoms with Crippen LogP contribution in [0.3, 0.4) is 0 Å². The number of halogens is 3. The number of nitrogens with one attached hydrogen (secondary N) is 1. The highest BCUT2D eigenvalue weighted by molar-refractivity contribution is 5.08. The van der Waals surface area contributed by atoms with Crippen LogP contribution in [0.4, 0.5) is 13.2 Å². The molecule has 0 aliphatic heterocycles. The predicted octanol–water partition coefficient (Wildman–Crippen LogP) is 3.32. The van der Waals surface area contributed by atoms with Crippen molar-refractivity contribution in [2.75, 3.05) is 6.54 Å². The van der Waals surface area contributed by atoms with Crippen LogP contribution in [-0.2, 0) is 12.7 Å². The monoisotopic (exact) mass is 277 g/mol. The standard InChI is InChI=1S/C13H22F3N3/c1-5-6-17-11(12(2,3)4)9-19-8-10(7-18-19)13(14,15)16/h7-8,11,17H,5-6,9H2,1-4H3. The maximum absolute atomic E-state index is 12.5. The second kappa shape index (κ2) is 5.94. The quantitative estimate of drug-likeness (QED) is 0.894. The van der Waals surface area contributed by atoms with Crippen LogP contribution in [0.25, 0.3) is 0 Å². The van der Waals surface area contributed by atoms with Crippen LogP contribution in [0.15, 0.2) is 12.4 Å². The Morgan fingerprint density at radius 1 is 1.32 bits per heavy atom. The zero-order valence-electron chi connectivity index (χ0n) is 11.9. The van der Waals surface area contributed by atoms with E-state index in [9.17, 15) is 13.2 Å². The minimum Gasteiger partial charge on any atom is -0.312 e. The summed E-state index contributed by atoms with van der Waals surface area (Å²) < 4.78 is 38.9. The lowest BCUT2D eigenvalue weighted by Gasteiger charge is -2.31.